The topological polar surface area (TPSA) is 32.3 Å². The molecule has 1 aromatic carbocycles. The Morgan fingerprint density at radius 3 is 2.47 bits per heavy atom. The fourth-order valence-corrected chi connectivity index (χ4v) is 2.15. The molecule has 4 heteroatoms. The largest absolute Gasteiger partial charge is 0.370 e. The predicted octanol–water partition coefficient (Wildman–Crippen LogP) is 3.41. The van der Waals surface area contributed by atoms with Gasteiger partial charge in [-0.3, -0.25) is 4.79 Å². The molecule has 0 aliphatic carbocycles. The zero-order valence-corrected chi connectivity index (χ0v) is 11.8. The minimum atomic E-state index is -0.491. The first-order valence-electron chi connectivity index (χ1n) is 6.74. The number of nitrogens with zero attached hydrogens (tertiary/aromatic N) is 1. The van der Waals surface area contributed by atoms with Gasteiger partial charge in [0.05, 0.1) is 11.4 Å². The molecule has 1 aliphatic heterocycles. The molecule has 1 saturated heterocycles. The van der Waals surface area contributed by atoms with Crippen LogP contribution in [0, 0.1) is 11.2 Å². The average Bonchev–Trinajstić information content (AvgIpc) is 2.81. The number of benzene rings is 1. The summed E-state index contributed by atoms with van der Waals surface area (Å²) in [6.07, 6.45) is 2.29. The van der Waals surface area contributed by atoms with Crippen molar-refractivity contribution in [3.8, 4) is 0 Å². The molecule has 0 saturated carbocycles. The van der Waals surface area contributed by atoms with Crippen molar-refractivity contribution in [2.45, 2.75) is 33.6 Å². The van der Waals surface area contributed by atoms with Crippen LogP contribution in [-0.4, -0.2) is 19.0 Å². The minimum absolute atomic E-state index is 0.0986. The first kappa shape index (κ1) is 13.8. The van der Waals surface area contributed by atoms with Gasteiger partial charge in [-0.15, -0.1) is 0 Å². The van der Waals surface area contributed by atoms with Gasteiger partial charge in [0.2, 0.25) is 5.91 Å². The highest BCUT2D eigenvalue weighted by Crippen LogP contribution is 2.31. The highest BCUT2D eigenvalue weighted by Gasteiger charge is 2.24. The molecule has 0 unspecified atom stereocenters. The highest BCUT2D eigenvalue weighted by atomic mass is 19.1. The van der Waals surface area contributed by atoms with Crippen LogP contribution in [0.2, 0.25) is 0 Å². The van der Waals surface area contributed by atoms with E-state index in [0.29, 0.717) is 5.69 Å². The zero-order chi connectivity index (χ0) is 14.0. The number of nitrogens with one attached hydrogen (secondary N) is 1. The van der Waals surface area contributed by atoms with Crippen LogP contribution in [0.4, 0.5) is 15.8 Å². The number of amides is 1. The van der Waals surface area contributed by atoms with E-state index in [0.717, 1.165) is 31.6 Å². The molecule has 19 heavy (non-hydrogen) atoms. The van der Waals surface area contributed by atoms with Gasteiger partial charge in [0.15, 0.2) is 0 Å². The molecule has 0 bridgehead atoms. The van der Waals surface area contributed by atoms with Crippen molar-refractivity contribution in [2.75, 3.05) is 23.3 Å². The SMILES string of the molecule is CC(C)(C)C(=O)Nc1cc(F)ccc1N1CCCC1. The minimum Gasteiger partial charge on any atom is -0.370 e. The molecular formula is C15H21FN2O. The number of carbonyl (C=O) groups is 1. The van der Waals surface area contributed by atoms with Crippen molar-refractivity contribution >= 4 is 17.3 Å². The Labute approximate surface area is 113 Å². The lowest BCUT2D eigenvalue weighted by atomic mass is 9.95. The Morgan fingerprint density at radius 1 is 1.26 bits per heavy atom. The summed E-state index contributed by atoms with van der Waals surface area (Å²) in [5, 5.41) is 2.85. The van der Waals surface area contributed by atoms with Gasteiger partial charge in [-0.25, -0.2) is 4.39 Å². The van der Waals surface area contributed by atoms with Crippen molar-refractivity contribution in [3.05, 3.63) is 24.0 Å². The second-order valence-electron chi connectivity index (χ2n) is 6.06. The van der Waals surface area contributed by atoms with Crippen LogP contribution in [0.15, 0.2) is 18.2 Å². The third kappa shape index (κ3) is 3.25. The van der Waals surface area contributed by atoms with Gasteiger partial charge >= 0.3 is 0 Å². The molecule has 1 amide bonds. The van der Waals surface area contributed by atoms with E-state index in [4.69, 9.17) is 0 Å². The second kappa shape index (κ2) is 5.19. The number of hydrogen-bond acceptors (Lipinski definition) is 2. The number of carbonyl (C=O) groups excluding carboxylic acids is 1. The predicted molar refractivity (Wildman–Crippen MR) is 75.9 cm³/mol. The van der Waals surface area contributed by atoms with Crippen LogP contribution >= 0.6 is 0 Å². The molecule has 104 valence electrons. The van der Waals surface area contributed by atoms with E-state index in [1.807, 2.05) is 20.8 Å². The molecule has 0 radical (unpaired) electrons. The normalized spacial score (nSPS) is 15.7. The van der Waals surface area contributed by atoms with Gasteiger partial charge < -0.3 is 10.2 Å². The molecular weight excluding hydrogens is 243 g/mol. The Morgan fingerprint density at radius 2 is 1.89 bits per heavy atom. The number of hydrogen-bond donors (Lipinski definition) is 1. The van der Waals surface area contributed by atoms with E-state index < -0.39 is 5.41 Å². The molecule has 0 aromatic heterocycles. The summed E-state index contributed by atoms with van der Waals surface area (Å²) in [5.41, 5.74) is 0.993. The Hall–Kier alpha value is -1.58. The average molecular weight is 264 g/mol. The van der Waals surface area contributed by atoms with E-state index in [2.05, 4.69) is 10.2 Å². The lowest BCUT2D eigenvalue weighted by Crippen LogP contribution is -2.29. The number of halogens is 1. The highest BCUT2D eigenvalue weighted by molar-refractivity contribution is 5.97. The van der Waals surface area contributed by atoms with Crippen molar-refractivity contribution in [1.29, 1.82) is 0 Å². The van der Waals surface area contributed by atoms with Crippen LogP contribution in [0.5, 0.6) is 0 Å². The van der Waals surface area contributed by atoms with Crippen molar-refractivity contribution in [3.63, 3.8) is 0 Å². The lowest BCUT2D eigenvalue weighted by Gasteiger charge is -2.24. The van der Waals surface area contributed by atoms with Gasteiger partial charge in [-0.05, 0) is 31.0 Å². The Balaban J connectivity index is 2.27. The summed E-state index contributed by atoms with van der Waals surface area (Å²) in [7, 11) is 0. The lowest BCUT2D eigenvalue weighted by molar-refractivity contribution is -0.123. The van der Waals surface area contributed by atoms with Gasteiger partial charge in [0, 0.05) is 18.5 Å². The molecule has 3 nitrogen and oxygen atoms in total. The van der Waals surface area contributed by atoms with Crippen LogP contribution in [0.3, 0.4) is 0 Å². The van der Waals surface area contributed by atoms with E-state index in [1.54, 1.807) is 6.07 Å². The smallest absolute Gasteiger partial charge is 0.229 e. The number of anilines is 2. The third-order valence-electron chi connectivity index (χ3n) is 3.33. The molecule has 1 aromatic rings. The molecule has 2 rings (SSSR count). The van der Waals surface area contributed by atoms with Gasteiger partial charge in [0.25, 0.3) is 0 Å². The summed E-state index contributed by atoms with van der Waals surface area (Å²) in [6, 6.07) is 4.59. The van der Waals surface area contributed by atoms with E-state index in [-0.39, 0.29) is 11.7 Å². The van der Waals surface area contributed by atoms with Crippen molar-refractivity contribution in [2.24, 2.45) is 5.41 Å². The quantitative estimate of drug-likeness (QED) is 0.887. The van der Waals surface area contributed by atoms with Crippen LogP contribution in [0.1, 0.15) is 33.6 Å². The fourth-order valence-electron chi connectivity index (χ4n) is 2.15. The maximum atomic E-state index is 13.4. The van der Waals surface area contributed by atoms with Crippen molar-refractivity contribution < 1.29 is 9.18 Å². The van der Waals surface area contributed by atoms with E-state index in [1.165, 1.54) is 12.1 Å². The van der Waals surface area contributed by atoms with Gasteiger partial charge in [-0.2, -0.15) is 0 Å². The maximum Gasteiger partial charge on any atom is 0.229 e. The van der Waals surface area contributed by atoms with Gasteiger partial charge in [0.1, 0.15) is 5.82 Å². The molecule has 1 aliphatic rings. The maximum absolute atomic E-state index is 13.4. The fraction of sp³-hybridized carbons (Fsp3) is 0.533. The Bertz CT molecular complexity index is 474. The van der Waals surface area contributed by atoms with E-state index >= 15 is 0 Å². The number of rotatable bonds is 2. The molecule has 1 fully saturated rings. The van der Waals surface area contributed by atoms with Crippen LogP contribution in [-0.2, 0) is 4.79 Å². The van der Waals surface area contributed by atoms with Gasteiger partial charge in [-0.1, -0.05) is 20.8 Å². The van der Waals surface area contributed by atoms with Crippen LogP contribution in [0.25, 0.3) is 0 Å². The monoisotopic (exact) mass is 264 g/mol. The summed E-state index contributed by atoms with van der Waals surface area (Å²) in [5.74, 6) is -0.425. The molecule has 1 heterocycles. The summed E-state index contributed by atoms with van der Waals surface area (Å²) < 4.78 is 13.4. The summed E-state index contributed by atoms with van der Waals surface area (Å²) >= 11 is 0. The second-order valence-corrected chi connectivity index (χ2v) is 6.06. The molecule has 0 atom stereocenters. The van der Waals surface area contributed by atoms with E-state index in [9.17, 15) is 9.18 Å². The molecule has 1 N–H and O–H groups in total. The molecule has 0 spiro atoms. The van der Waals surface area contributed by atoms with Crippen LogP contribution < -0.4 is 10.2 Å². The zero-order valence-electron chi connectivity index (χ0n) is 11.8. The standard InChI is InChI=1S/C15H21FN2O/c1-15(2,3)14(19)17-12-10-11(16)6-7-13(12)18-8-4-5-9-18/h6-7,10H,4-5,8-9H2,1-3H3,(H,17,19). The van der Waals surface area contributed by atoms with Crippen molar-refractivity contribution in [1.82, 2.24) is 0 Å². The Kier molecular flexibility index (Phi) is 3.78. The third-order valence-corrected chi connectivity index (χ3v) is 3.33. The summed E-state index contributed by atoms with van der Waals surface area (Å²) in [6.45, 7) is 7.46. The first-order chi connectivity index (χ1) is 8.88. The summed E-state index contributed by atoms with van der Waals surface area (Å²) in [4.78, 5) is 14.3. The first-order valence-corrected chi connectivity index (χ1v) is 6.74.